The first-order chi connectivity index (χ1) is 18.5. The number of nitrogens with one attached hydrogen (secondary N) is 2. The highest BCUT2D eigenvalue weighted by Crippen LogP contribution is 2.42. The van der Waals surface area contributed by atoms with Gasteiger partial charge in [0.15, 0.2) is 0 Å². The number of nitrogens with zero attached hydrogens (tertiary/aromatic N) is 7. The summed E-state index contributed by atoms with van der Waals surface area (Å²) in [5, 5.41) is 6.17. The van der Waals surface area contributed by atoms with Crippen LogP contribution in [0.4, 0.5) is 34.6 Å². The molecular formula is C28H37N9O2. The van der Waals surface area contributed by atoms with Crippen molar-refractivity contribution in [2.45, 2.75) is 26.2 Å². The lowest BCUT2D eigenvalue weighted by Gasteiger charge is -2.26. The summed E-state index contributed by atoms with van der Waals surface area (Å²) in [4.78, 5) is 36.7. The van der Waals surface area contributed by atoms with Gasteiger partial charge in [0.1, 0.15) is 12.1 Å². The summed E-state index contributed by atoms with van der Waals surface area (Å²) in [7, 11) is 7.61. The van der Waals surface area contributed by atoms with Crippen LogP contribution in [0.1, 0.15) is 25.1 Å². The van der Waals surface area contributed by atoms with Crippen LogP contribution in [0.2, 0.25) is 0 Å². The molecule has 3 heterocycles. The Morgan fingerprint density at radius 1 is 1.15 bits per heavy atom. The summed E-state index contributed by atoms with van der Waals surface area (Å²) in [5.41, 5.74) is 4.94. The van der Waals surface area contributed by atoms with Crippen LogP contribution in [0.3, 0.4) is 0 Å². The van der Waals surface area contributed by atoms with Crippen LogP contribution < -0.4 is 25.2 Å². The summed E-state index contributed by atoms with van der Waals surface area (Å²) < 4.78 is 5.71. The highest BCUT2D eigenvalue weighted by Gasteiger charge is 2.38. The molecule has 1 aromatic carbocycles. The van der Waals surface area contributed by atoms with Gasteiger partial charge in [-0.1, -0.05) is 20.4 Å². The molecule has 11 heteroatoms. The molecule has 0 saturated heterocycles. The van der Waals surface area contributed by atoms with Gasteiger partial charge >= 0.3 is 0 Å². The van der Waals surface area contributed by atoms with E-state index in [-0.39, 0.29) is 11.3 Å². The zero-order valence-electron chi connectivity index (χ0n) is 23.7. The minimum Gasteiger partial charge on any atom is -0.494 e. The molecule has 2 aromatic heterocycles. The maximum atomic E-state index is 12.3. The molecule has 0 unspecified atom stereocenters. The molecule has 3 aromatic rings. The van der Waals surface area contributed by atoms with Crippen LogP contribution >= 0.6 is 0 Å². The molecule has 2 N–H and O–H groups in total. The second-order valence-corrected chi connectivity index (χ2v) is 10.6. The van der Waals surface area contributed by atoms with Gasteiger partial charge in [-0.25, -0.2) is 9.97 Å². The van der Waals surface area contributed by atoms with E-state index < -0.39 is 0 Å². The normalized spacial score (nSPS) is 13.7. The van der Waals surface area contributed by atoms with Crippen molar-refractivity contribution in [3.8, 4) is 5.75 Å². The van der Waals surface area contributed by atoms with Crippen molar-refractivity contribution in [2.75, 3.05) is 68.3 Å². The maximum absolute atomic E-state index is 12.3. The van der Waals surface area contributed by atoms with E-state index in [9.17, 15) is 4.79 Å². The number of aromatic nitrogens is 4. The zero-order chi connectivity index (χ0) is 28.3. The van der Waals surface area contributed by atoms with Gasteiger partial charge in [-0.3, -0.25) is 9.78 Å². The van der Waals surface area contributed by atoms with Crippen molar-refractivity contribution in [3.63, 3.8) is 0 Å². The number of amides is 1. The number of carbonyl (C=O) groups is 1. The van der Waals surface area contributed by atoms with Crippen molar-refractivity contribution in [1.82, 2.24) is 24.8 Å². The van der Waals surface area contributed by atoms with E-state index in [1.54, 1.807) is 7.11 Å². The fraction of sp³-hybridized carbons (Fsp3) is 0.393. The lowest BCUT2D eigenvalue weighted by molar-refractivity contribution is -0.111. The third-order valence-corrected chi connectivity index (χ3v) is 6.59. The number of likely N-dealkylation sites (N-methyl/N-ethyl adjacent to an activating group) is 2. The van der Waals surface area contributed by atoms with E-state index in [0.29, 0.717) is 35.6 Å². The fourth-order valence-corrected chi connectivity index (χ4v) is 4.52. The first kappa shape index (κ1) is 27.8. The molecule has 0 saturated carbocycles. The molecule has 1 amide bonds. The molecule has 39 heavy (non-hydrogen) atoms. The maximum Gasteiger partial charge on any atom is 0.247 e. The molecule has 1 aliphatic rings. The quantitative estimate of drug-likeness (QED) is 0.374. The molecule has 0 fully saturated rings. The van der Waals surface area contributed by atoms with E-state index in [1.165, 1.54) is 12.4 Å². The third-order valence-electron chi connectivity index (χ3n) is 6.59. The Morgan fingerprint density at radius 3 is 2.62 bits per heavy atom. The summed E-state index contributed by atoms with van der Waals surface area (Å²) in [5.74, 6) is 1.13. The number of hydrogen-bond donors (Lipinski definition) is 2. The van der Waals surface area contributed by atoms with Gasteiger partial charge in [-0.2, -0.15) is 4.98 Å². The monoisotopic (exact) mass is 531 g/mol. The molecule has 206 valence electrons. The average molecular weight is 532 g/mol. The fourth-order valence-electron chi connectivity index (χ4n) is 4.52. The van der Waals surface area contributed by atoms with Gasteiger partial charge in [0, 0.05) is 44.4 Å². The van der Waals surface area contributed by atoms with E-state index in [2.05, 4.69) is 61.8 Å². The Kier molecular flexibility index (Phi) is 8.01. The average Bonchev–Trinajstić information content (AvgIpc) is 3.17. The Labute approximate surface area is 229 Å². The van der Waals surface area contributed by atoms with E-state index in [4.69, 9.17) is 14.7 Å². The summed E-state index contributed by atoms with van der Waals surface area (Å²) in [6, 6.07) is 5.80. The van der Waals surface area contributed by atoms with E-state index in [1.807, 2.05) is 46.4 Å². The highest BCUT2D eigenvalue weighted by atomic mass is 16.5. The number of ether oxygens (including phenoxy) is 1. The van der Waals surface area contributed by atoms with Crippen LogP contribution in [0.15, 0.2) is 43.4 Å². The predicted molar refractivity (Wildman–Crippen MR) is 156 cm³/mol. The third kappa shape index (κ3) is 6.09. The van der Waals surface area contributed by atoms with E-state index in [0.717, 1.165) is 35.7 Å². The van der Waals surface area contributed by atoms with Gasteiger partial charge in [-0.15, -0.1) is 0 Å². The van der Waals surface area contributed by atoms with E-state index >= 15 is 0 Å². The second-order valence-electron chi connectivity index (χ2n) is 10.6. The number of rotatable bonds is 10. The minimum absolute atomic E-state index is 0.154. The smallest absolute Gasteiger partial charge is 0.247 e. The van der Waals surface area contributed by atoms with Gasteiger partial charge in [0.2, 0.25) is 17.8 Å². The molecule has 0 radical (unpaired) electrons. The molecule has 4 rings (SSSR count). The number of aryl methyl sites for hydroxylation is 1. The standard InChI is InChI=1S/C28H37N9O2/c1-9-24(38)32-19-13-20(23(39-8)14-21(19)36(7)11-10-35(5)6)33-26-30-17-31-27(34-26)37-16-28(3,4)25-22(37)12-18(2)15-29-25/h9,12-15,17H,1,10-11,16H2,2-8H3,(H,32,38)(H,30,31,33,34). The lowest BCUT2D eigenvalue weighted by Crippen LogP contribution is -2.29. The number of carbonyl (C=O) groups excluding carboxylic acids is 1. The van der Waals surface area contributed by atoms with Crippen molar-refractivity contribution in [2.24, 2.45) is 0 Å². The number of anilines is 6. The van der Waals surface area contributed by atoms with Crippen LogP contribution in [0.25, 0.3) is 0 Å². The molecule has 0 atom stereocenters. The van der Waals surface area contributed by atoms with Crippen molar-refractivity contribution in [3.05, 3.63) is 54.6 Å². The van der Waals surface area contributed by atoms with Gasteiger partial charge in [0.05, 0.1) is 35.6 Å². The van der Waals surface area contributed by atoms with Gasteiger partial charge in [-0.05, 0) is 44.8 Å². The number of benzene rings is 1. The Bertz CT molecular complexity index is 1370. The van der Waals surface area contributed by atoms with Crippen molar-refractivity contribution in [1.29, 1.82) is 0 Å². The van der Waals surface area contributed by atoms with Crippen LogP contribution in [-0.2, 0) is 10.2 Å². The number of hydrogen-bond acceptors (Lipinski definition) is 10. The Morgan fingerprint density at radius 2 is 1.92 bits per heavy atom. The first-order valence-corrected chi connectivity index (χ1v) is 12.7. The summed E-state index contributed by atoms with van der Waals surface area (Å²) in [6.45, 7) is 12.2. The zero-order valence-corrected chi connectivity index (χ0v) is 23.7. The molecular weight excluding hydrogens is 494 g/mol. The molecule has 11 nitrogen and oxygen atoms in total. The highest BCUT2D eigenvalue weighted by molar-refractivity contribution is 6.02. The number of methoxy groups -OCH3 is 1. The number of fused-ring (bicyclic) bond motifs is 1. The molecule has 1 aliphatic heterocycles. The van der Waals surface area contributed by atoms with Crippen LogP contribution in [0.5, 0.6) is 5.75 Å². The van der Waals surface area contributed by atoms with Gasteiger partial charge in [0.25, 0.3) is 0 Å². The SMILES string of the molecule is C=CC(=O)Nc1cc(Nc2ncnc(N3CC(C)(C)c4ncc(C)cc43)n2)c(OC)cc1N(C)CCN(C)C. The summed E-state index contributed by atoms with van der Waals surface area (Å²) >= 11 is 0. The van der Waals surface area contributed by atoms with Crippen LogP contribution in [-0.4, -0.2) is 78.6 Å². The molecule has 0 spiro atoms. The van der Waals surface area contributed by atoms with Crippen molar-refractivity contribution < 1.29 is 9.53 Å². The largest absolute Gasteiger partial charge is 0.494 e. The van der Waals surface area contributed by atoms with Gasteiger partial charge < -0.3 is 30.1 Å². The molecule has 0 aliphatic carbocycles. The van der Waals surface area contributed by atoms with Crippen LogP contribution in [0, 0.1) is 6.92 Å². The Balaban J connectivity index is 1.68. The lowest BCUT2D eigenvalue weighted by atomic mass is 9.91. The van der Waals surface area contributed by atoms with Crippen molar-refractivity contribution >= 4 is 40.6 Å². The molecule has 0 bridgehead atoms. The second kappa shape index (κ2) is 11.2. The number of pyridine rings is 1. The predicted octanol–water partition coefficient (Wildman–Crippen LogP) is 3.88. The Hall–Kier alpha value is -4.25. The minimum atomic E-state index is -0.310. The topological polar surface area (TPSA) is 112 Å². The first-order valence-electron chi connectivity index (χ1n) is 12.7. The summed E-state index contributed by atoms with van der Waals surface area (Å²) in [6.07, 6.45) is 4.61.